The molecule has 0 radical (unpaired) electrons. The smallest absolute Gasteiger partial charge is 0.337 e. The number of aromatic nitrogens is 1. The lowest BCUT2D eigenvalue weighted by molar-refractivity contribution is -0.120. The van der Waals surface area contributed by atoms with Gasteiger partial charge in [-0.25, -0.2) is 4.79 Å². The van der Waals surface area contributed by atoms with Crippen molar-refractivity contribution in [3.05, 3.63) is 47.9 Å². The van der Waals surface area contributed by atoms with Gasteiger partial charge in [0.25, 0.3) is 5.89 Å². The van der Waals surface area contributed by atoms with Crippen molar-refractivity contribution in [1.82, 2.24) is 4.98 Å². The Hall–Kier alpha value is -4.26. The van der Waals surface area contributed by atoms with Gasteiger partial charge in [0.05, 0.1) is 30.3 Å². The molecule has 2 saturated heterocycles. The van der Waals surface area contributed by atoms with Crippen LogP contribution in [0.5, 0.6) is 0 Å². The van der Waals surface area contributed by atoms with Crippen molar-refractivity contribution in [3.8, 4) is 17.7 Å². The number of carbonyl (C=O) groups is 2. The molecule has 2 aliphatic heterocycles. The fourth-order valence-corrected chi connectivity index (χ4v) is 4.80. The lowest BCUT2D eigenvalue weighted by Crippen LogP contribution is -2.38. The molecule has 1 aromatic carbocycles. The summed E-state index contributed by atoms with van der Waals surface area (Å²) in [4.78, 5) is 33.7. The van der Waals surface area contributed by atoms with Crippen LogP contribution in [0.1, 0.15) is 41.7 Å². The van der Waals surface area contributed by atoms with E-state index in [1.54, 1.807) is 24.3 Å². The summed E-state index contributed by atoms with van der Waals surface area (Å²) in [6.07, 6.45) is 4.88. The third kappa shape index (κ3) is 4.64. The zero-order chi connectivity index (χ0) is 25.1. The van der Waals surface area contributed by atoms with Gasteiger partial charge in [0.2, 0.25) is 17.5 Å². The molecule has 186 valence electrons. The normalized spacial score (nSPS) is 16.1. The molecule has 5 rings (SSSR count). The van der Waals surface area contributed by atoms with Crippen molar-refractivity contribution < 1.29 is 23.2 Å². The molecule has 10 heteroatoms. The van der Waals surface area contributed by atoms with Gasteiger partial charge in [-0.3, -0.25) is 4.79 Å². The van der Waals surface area contributed by atoms with Crippen LogP contribution >= 0.6 is 0 Å². The first kappa shape index (κ1) is 23.5. The molecule has 2 aliphatic rings. The summed E-state index contributed by atoms with van der Waals surface area (Å²) in [5.41, 5.74) is 2.13. The molecule has 2 aromatic heterocycles. The molecule has 1 N–H and O–H groups in total. The first-order valence-corrected chi connectivity index (χ1v) is 12.1. The quantitative estimate of drug-likeness (QED) is 0.511. The molecule has 1 amide bonds. The molecule has 0 spiro atoms. The number of piperidine rings is 1. The second kappa shape index (κ2) is 10.2. The molecule has 0 aliphatic carbocycles. The number of oxazole rings is 1. The molecule has 10 nitrogen and oxygen atoms in total. The van der Waals surface area contributed by atoms with Crippen LogP contribution in [0.3, 0.4) is 0 Å². The maximum Gasteiger partial charge on any atom is 0.337 e. The summed E-state index contributed by atoms with van der Waals surface area (Å²) in [6, 6.07) is 10.8. The number of ether oxygens (including phenoxy) is 1. The summed E-state index contributed by atoms with van der Waals surface area (Å²) in [6.45, 7) is 2.91. The Balaban J connectivity index is 1.28. The lowest BCUT2D eigenvalue weighted by atomic mass is 9.95. The molecule has 4 heterocycles. The van der Waals surface area contributed by atoms with E-state index in [-0.39, 0.29) is 23.4 Å². The predicted octanol–water partition coefficient (Wildman–Crippen LogP) is 4.05. The third-order valence-electron chi connectivity index (χ3n) is 6.72. The molecular weight excluding hydrogens is 462 g/mol. The summed E-state index contributed by atoms with van der Waals surface area (Å²) in [5, 5.41) is 12.6. The molecule has 3 aromatic rings. The number of carbonyl (C=O) groups excluding carboxylic acids is 2. The number of nitrogens with one attached hydrogen (secondary N) is 1. The highest BCUT2D eigenvalue weighted by Gasteiger charge is 2.30. The zero-order valence-electron chi connectivity index (χ0n) is 20.0. The number of furan rings is 1. The van der Waals surface area contributed by atoms with E-state index in [0.717, 1.165) is 31.6 Å². The Labute approximate surface area is 208 Å². The highest BCUT2D eigenvalue weighted by atomic mass is 16.5. The van der Waals surface area contributed by atoms with Crippen molar-refractivity contribution in [2.24, 2.45) is 5.92 Å². The van der Waals surface area contributed by atoms with E-state index in [9.17, 15) is 14.9 Å². The van der Waals surface area contributed by atoms with E-state index in [4.69, 9.17) is 13.6 Å². The van der Waals surface area contributed by atoms with Gasteiger partial charge in [0, 0.05) is 32.1 Å². The topological polar surface area (TPSA) is 125 Å². The van der Waals surface area contributed by atoms with E-state index in [2.05, 4.69) is 21.3 Å². The van der Waals surface area contributed by atoms with Crippen LogP contribution in [0.2, 0.25) is 0 Å². The number of methoxy groups -OCH3 is 1. The molecule has 0 bridgehead atoms. The van der Waals surface area contributed by atoms with Crippen LogP contribution in [0.15, 0.2) is 45.4 Å². The fraction of sp³-hybridized carbons (Fsp3) is 0.385. The number of amides is 1. The van der Waals surface area contributed by atoms with Crippen LogP contribution in [0.4, 0.5) is 17.3 Å². The molecule has 36 heavy (non-hydrogen) atoms. The lowest BCUT2D eigenvalue weighted by Gasteiger charge is -2.31. The number of benzene rings is 1. The van der Waals surface area contributed by atoms with Crippen molar-refractivity contribution >= 4 is 29.1 Å². The Morgan fingerprint density at radius 1 is 1.14 bits per heavy atom. The summed E-state index contributed by atoms with van der Waals surface area (Å²) in [7, 11) is 1.34. The van der Waals surface area contributed by atoms with Crippen molar-refractivity contribution in [3.63, 3.8) is 0 Å². The molecule has 0 saturated carbocycles. The number of esters is 1. The largest absolute Gasteiger partial charge is 0.465 e. The number of nitriles is 1. The fourth-order valence-electron chi connectivity index (χ4n) is 4.80. The average molecular weight is 490 g/mol. The van der Waals surface area contributed by atoms with Gasteiger partial charge in [-0.05, 0) is 56.0 Å². The maximum absolute atomic E-state index is 13.2. The standard InChI is InChI=1S/C26H27N5O5/c1-34-26(33)18-6-7-21(30-10-2-3-11-30)19(15-18)28-23(32)17-8-12-31(13-9-17)25-20(16-27)29-24(36-25)22-5-4-14-35-22/h4-7,14-15,17H,2-3,8-13H2,1H3,(H,28,32). The van der Waals surface area contributed by atoms with Crippen molar-refractivity contribution in [2.45, 2.75) is 25.7 Å². The minimum Gasteiger partial charge on any atom is -0.465 e. The predicted molar refractivity (Wildman–Crippen MR) is 132 cm³/mol. The zero-order valence-corrected chi connectivity index (χ0v) is 20.0. The van der Waals surface area contributed by atoms with Gasteiger partial charge in [-0.15, -0.1) is 0 Å². The van der Waals surface area contributed by atoms with E-state index < -0.39 is 5.97 Å². The summed E-state index contributed by atoms with van der Waals surface area (Å²) >= 11 is 0. The molecular formula is C26H27N5O5. The third-order valence-corrected chi connectivity index (χ3v) is 6.72. The number of nitrogens with zero attached hydrogens (tertiary/aromatic N) is 4. The maximum atomic E-state index is 13.2. The molecule has 0 atom stereocenters. The van der Waals surface area contributed by atoms with Crippen LogP contribution in [-0.2, 0) is 9.53 Å². The minimum atomic E-state index is -0.443. The Kier molecular flexibility index (Phi) is 6.62. The van der Waals surface area contributed by atoms with E-state index in [0.29, 0.717) is 48.8 Å². The van der Waals surface area contributed by atoms with E-state index in [1.165, 1.54) is 13.4 Å². The second-order valence-electron chi connectivity index (χ2n) is 8.93. The Morgan fingerprint density at radius 3 is 2.58 bits per heavy atom. The molecule has 0 unspecified atom stereocenters. The van der Waals surface area contributed by atoms with E-state index in [1.807, 2.05) is 11.0 Å². The van der Waals surface area contributed by atoms with Crippen LogP contribution in [-0.4, -0.2) is 50.1 Å². The van der Waals surface area contributed by atoms with Crippen molar-refractivity contribution in [1.29, 1.82) is 5.26 Å². The van der Waals surface area contributed by atoms with Crippen LogP contribution in [0, 0.1) is 17.2 Å². The van der Waals surface area contributed by atoms with Crippen molar-refractivity contribution in [2.75, 3.05) is 48.4 Å². The first-order chi connectivity index (χ1) is 17.6. The SMILES string of the molecule is COC(=O)c1ccc(N2CCCC2)c(NC(=O)C2CCN(c3oc(-c4ccco4)nc3C#N)CC2)c1. The summed E-state index contributed by atoms with van der Waals surface area (Å²) < 4.78 is 16.0. The van der Waals surface area contributed by atoms with Gasteiger partial charge in [0.1, 0.15) is 6.07 Å². The van der Waals surface area contributed by atoms with Gasteiger partial charge in [-0.1, -0.05) is 0 Å². The van der Waals surface area contributed by atoms with E-state index >= 15 is 0 Å². The van der Waals surface area contributed by atoms with Crippen LogP contribution in [0.25, 0.3) is 11.7 Å². The molecule has 2 fully saturated rings. The van der Waals surface area contributed by atoms with Crippen LogP contribution < -0.4 is 15.1 Å². The monoisotopic (exact) mass is 489 g/mol. The highest BCUT2D eigenvalue weighted by molar-refractivity contribution is 5.99. The minimum absolute atomic E-state index is 0.0912. The Morgan fingerprint density at radius 2 is 1.92 bits per heavy atom. The highest BCUT2D eigenvalue weighted by Crippen LogP contribution is 2.34. The summed E-state index contributed by atoms with van der Waals surface area (Å²) in [5.74, 6) is 0.353. The van der Waals surface area contributed by atoms with Gasteiger partial charge >= 0.3 is 5.97 Å². The number of hydrogen-bond acceptors (Lipinski definition) is 9. The van der Waals surface area contributed by atoms with Gasteiger partial charge in [0.15, 0.2) is 5.76 Å². The average Bonchev–Trinajstić information content (AvgIpc) is 3.69. The number of hydrogen-bond donors (Lipinski definition) is 1. The van der Waals surface area contributed by atoms with Gasteiger partial charge < -0.3 is 28.7 Å². The number of rotatable bonds is 6. The first-order valence-electron chi connectivity index (χ1n) is 12.1. The number of anilines is 3. The van der Waals surface area contributed by atoms with Gasteiger partial charge in [-0.2, -0.15) is 10.2 Å². The Bertz CT molecular complexity index is 1280. The second-order valence-corrected chi connectivity index (χ2v) is 8.93.